The van der Waals surface area contributed by atoms with Gasteiger partial charge < -0.3 is 10.1 Å². The number of hydrogen-bond donors (Lipinski definition) is 1. The van der Waals surface area contributed by atoms with Gasteiger partial charge in [0.05, 0.1) is 9.21 Å². The molecule has 0 bridgehead atoms. The summed E-state index contributed by atoms with van der Waals surface area (Å²) in [5.74, 6) is 0.311. The molecule has 0 aliphatic carbocycles. The number of ketones is 1. The average Bonchev–Trinajstić information content (AvgIpc) is 2.84. The molecule has 1 aromatic carbocycles. The molecular formula is C14H12ClNO3S. The second-order valence-corrected chi connectivity index (χ2v) is 5.74. The Morgan fingerprint density at radius 3 is 2.45 bits per heavy atom. The van der Waals surface area contributed by atoms with Crippen LogP contribution >= 0.6 is 22.9 Å². The highest BCUT2D eigenvalue weighted by molar-refractivity contribution is 7.18. The van der Waals surface area contributed by atoms with Crippen molar-refractivity contribution in [2.45, 2.75) is 6.92 Å². The Kier molecular flexibility index (Phi) is 4.76. The molecule has 6 heteroatoms. The minimum atomic E-state index is -0.136. The van der Waals surface area contributed by atoms with Crippen LogP contribution in [0.5, 0.6) is 5.75 Å². The monoisotopic (exact) mass is 309 g/mol. The number of Topliss-reactive ketones (excluding diaryl/α,β-unsaturated/α-hetero) is 1. The van der Waals surface area contributed by atoms with E-state index in [0.29, 0.717) is 20.7 Å². The van der Waals surface area contributed by atoms with Gasteiger partial charge in [-0.25, -0.2) is 0 Å². The van der Waals surface area contributed by atoms with Crippen LogP contribution in [0.1, 0.15) is 16.6 Å². The molecule has 0 aliphatic rings. The summed E-state index contributed by atoms with van der Waals surface area (Å²) in [6, 6.07) is 10.2. The lowest BCUT2D eigenvalue weighted by atomic mass is 10.3. The van der Waals surface area contributed by atoms with Crippen LogP contribution in [0, 0.1) is 0 Å². The van der Waals surface area contributed by atoms with E-state index in [9.17, 15) is 9.59 Å². The van der Waals surface area contributed by atoms with Crippen LogP contribution in [-0.2, 0) is 4.79 Å². The Hall–Kier alpha value is -1.85. The quantitative estimate of drug-likeness (QED) is 0.858. The molecule has 104 valence electrons. The lowest BCUT2D eigenvalue weighted by Gasteiger charge is -2.06. The molecule has 2 rings (SSSR count). The lowest BCUT2D eigenvalue weighted by molar-refractivity contribution is -0.114. The number of ether oxygens (including phenoxy) is 1. The van der Waals surface area contributed by atoms with Crippen LogP contribution in [0.2, 0.25) is 4.34 Å². The van der Waals surface area contributed by atoms with Gasteiger partial charge in [-0.05, 0) is 36.4 Å². The van der Waals surface area contributed by atoms with Gasteiger partial charge in [-0.3, -0.25) is 9.59 Å². The molecule has 0 aliphatic heterocycles. The number of carbonyl (C=O) groups excluding carboxylic acids is 2. The fraction of sp³-hybridized carbons (Fsp3) is 0.143. The Bertz CT molecular complexity index is 622. The largest absolute Gasteiger partial charge is 0.485 e. The number of amides is 1. The zero-order chi connectivity index (χ0) is 14.5. The van der Waals surface area contributed by atoms with Gasteiger partial charge in [0.2, 0.25) is 11.7 Å². The molecule has 20 heavy (non-hydrogen) atoms. The van der Waals surface area contributed by atoms with Crippen molar-refractivity contribution >= 4 is 40.3 Å². The third-order valence-corrected chi connectivity index (χ3v) is 3.66. The minimum absolute atomic E-state index is 0.0453. The molecule has 1 amide bonds. The molecule has 0 atom stereocenters. The fourth-order valence-electron chi connectivity index (χ4n) is 1.52. The van der Waals surface area contributed by atoms with E-state index < -0.39 is 0 Å². The number of benzene rings is 1. The number of nitrogens with one attached hydrogen (secondary N) is 1. The predicted molar refractivity (Wildman–Crippen MR) is 79.9 cm³/mol. The summed E-state index contributed by atoms with van der Waals surface area (Å²) in [6.45, 7) is 1.39. The topological polar surface area (TPSA) is 55.4 Å². The fourth-order valence-corrected chi connectivity index (χ4v) is 2.49. The Morgan fingerprint density at radius 1 is 1.20 bits per heavy atom. The molecule has 0 radical (unpaired) electrons. The van der Waals surface area contributed by atoms with Crippen molar-refractivity contribution in [3.63, 3.8) is 0 Å². The molecule has 2 aromatic rings. The molecule has 1 heterocycles. The van der Waals surface area contributed by atoms with Crippen molar-refractivity contribution in [2.75, 3.05) is 11.9 Å². The standard InChI is InChI=1S/C14H12ClNO3S/c1-9(17)16-10-2-4-11(5-3-10)19-8-12(18)13-6-7-14(15)20-13/h2-7H,8H2,1H3,(H,16,17). The summed E-state index contributed by atoms with van der Waals surface area (Å²) in [5.41, 5.74) is 0.682. The molecule has 0 unspecified atom stereocenters. The third-order valence-electron chi connectivity index (χ3n) is 2.39. The van der Waals surface area contributed by atoms with E-state index in [2.05, 4.69) is 5.32 Å². The first-order valence-corrected chi connectivity index (χ1v) is 7.03. The maximum Gasteiger partial charge on any atom is 0.221 e. The molecule has 1 N–H and O–H groups in total. The number of hydrogen-bond acceptors (Lipinski definition) is 4. The number of anilines is 1. The Balaban J connectivity index is 1.90. The number of thiophene rings is 1. The third kappa shape index (κ3) is 4.08. The molecule has 0 fully saturated rings. The van der Waals surface area contributed by atoms with E-state index in [1.807, 2.05) is 0 Å². The maximum absolute atomic E-state index is 11.8. The van der Waals surface area contributed by atoms with Gasteiger partial charge in [-0.1, -0.05) is 11.6 Å². The Labute approximate surface area is 125 Å². The molecule has 4 nitrogen and oxygen atoms in total. The minimum Gasteiger partial charge on any atom is -0.485 e. The van der Waals surface area contributed by atoms with Crippen molar-refractivity contribution in [1.29, 1.82) is 0 Å². The van der Waals surface area contributed by atoms with Crippen LogP contribution in [0.3, 0.4) is 0 Å². The number of rotatable bonds is 5. The summed E-state index contributed by atoms with van der Waals surface area (Å²) in [4.78, 5) is 23.3. The van der Waals surface area contributed by atoms with Gasteiger partial charge in [0.1, 0.15) is 5.75 Å². The van der Waals surface area contributed by atoms with E-state index >= 15 is 0 Å². The highest BCUT2D eigenvalue weighted by Gasteiger charge is 2.09. The van der Waals surface area contributed by atoms with Gasteiger partial charge in [-0.2, -0.15) is 0 Å². The van der Waals surface area contributed by atoms with Crippen LogP contribution in [0.4, 0.5) is 5.69 Å². The van der Waals surface area contributed by atoms with Gasteiger partial charge in [0.25, 0.3) is 0 Å². The van der Waals surface area contributed by atoms with Crippen molar-refractivity contribution < 1.29 is 14.3 Å². The number of carbonyl (C=O) groups is 2. The van der Waals surface area contributed by atoms with E-state index in [1.165, 1.54) is 18.3 Å². The zero-order valence-electron chi connectivity index (χ0n) is 10.7. The van der Waals surface area contributed by atoms with Gasteiger partial charge in [-0.15, -0.1) is 11.3 Å². The Morgan fingerprint density at radius 2 is 1.90 bits per heavy atom. The van der Waals surface area contributed by atoms with Gasteiger partial charge >= 0.3 is 0 Å². The first kappa shape index (κ1) is 14.6. The molecule has 0 saturated heterocycles. The molecular weight excluding hydrogens is 298 g/mol. The summed E-state index contributed by atoms with van der Waals surface area (Å²) >= 11 is 7.00. The average molecular weight is 310 g/mol. The summed E-state index contributed by atoms with van der Waals surface area (Å²) < 4.78 is 5.97. The summed E-state index contributed by atoms with van der Waals surface area (Å²) in [6.07, 6.45) is 0. The SMILES string of the molecule is CC(=O)Nc1ccc(OCC(=O)c2ccc(Cl)s2)cc1. The maximum atomic E-state index is 11.8. The smallest absolute Gasteiger partial charge is 0.221 e. The highest BCUT2D eigenvalue weighted by Crippen LogP contribution is 2.22. The predicted octanol–water partition coefficient (Wildman–Crippen LogP) is 3.62. The van der Waals surface area contributed by atoms with Gasteiger partial charge in [0.15, 0.2) is 6.61 Å². The van der Waals surface area contributed by atoms with Gasteiger partial charge in [0, 0.05) is 12.6 Å². The van der Waals surface area contributed by atoms with Crippen LogP contribution in [0.25, 0.3) is 0 Å². The second-order valence-electron chi connectivity index (χ2n) is 4.02. The normalized spacial score (nSPS) is 10.1. The van der Waals surface area contributed by atoms with E-state index in [1.54, 1.807) is 36.4 Å². The first-order valence-electron chi connectivity index (χ1n) is 5.83. The van der Waals surface area contributed by atoms with Crippen LogP contribution in [-0.4, -0.2) is 18.3 Å². The van der Waals surface area contributed by atoms with Crippen molar-refractivity contribution in [3.8, 4) is 5.75 Å². The molecule has 1 aromatic heterocycles. The van der Waals surface area contributed by atoms with Crippen molar-refractivity contribution in [3.05, 3.63) is 45.6 Å². The molecule has 0 spiro atoms. The van der Waals surface area contributed by atoms with Crippen molar-refractivity contribution in [1.82, 2.24) is 0 Å². The van der Waals surface area contributed by atoms with Crippen LogP contribution in [0.15, 0.2) is 36.4 Å². The lowest BCUT2D eigenvalue weighted by Crippen LogP contribution is -2.10. The molecule has 0 saturated carbocycles. The van der Waals surface area contributed by atoms with Crippen LogP contribution < -0.4 is 10.1 Å². The highest BCUT2D eigenvalue weighted by atomic mass is 35.5. The number of halogens is 1. The van der Waals surface area contributed by atoms with E-state index in [0.717, 1.165) is 0 Å². The summed E-state index contributed by atoms with van der Waals surface area (Å²) in [7, 11) is 0. The van der Waals surface area contributed by atoms with E-state index in [-0.39, 0.29) is 18.3 Å². The second kappa shape index (κ2) is 6.54. The first-order chi connectivity index (χ1) is 9.54. The van der Waals surface area contributed by atoms with E-state index in [4.69, 9.17) is 16.3 Å². The zero-order valence-corrected chi connectivity index (χ0v) is 12.3. The van der Waals surface area contributed by atoms with Crippen molar-refractivity contribution in [2.24, 2.45) is 0 Å². The summed E-state index contributed by atoms with van der Waals surface area (Å²) in [5, 5.41) is 2.65.